The Morgan fingerprint density at radius 3 is 2.43 bits per heavy atom. The van der Waals surface area contributed by atoms with Crippen molar-refractivity contribution in [2.75, 3.05) is 13.2 Å². The van der Waals surface area contributed by atoms with Crippen LogP contribution in [-0.4, -0.2) is 31.2 Å². The molecule has 1 spiro atoms. The molecule has 2 aliphatic rings. The highest BCUT2D eigenvalue weighted by Gasteiger charge is 2.50. The molecule has 2 heterocycles. The Bertz CT molecular complexity index is 187. The van der Waals surface area contributed by atoms with Crippen LogP contribution in [0.15, 0.2) is 0 Å². The number of hydrogen-bond acceptors (Lipinski definition) is 3. The fraction of sp³-hybridized carbons (Fsp3) is 1.00. The Labute approximate surface area is 85.7 Å². The van der Waals surface area contributed by atoms with Gasteiger partial charge < -0.3 is 14.2 Å². The molecule has 82 valence electrons. The van der Waals surface area contributed by atoms with Gasteiger partial charge in [-0.3, -0.25) is 0 Å². The van der Waals surface area contributed by atoms with Gasteiger partial charge in [0.1, 0.15) is 6.10 Å². The third kappa shape index (κ3) is 1.69. The van der Waals surface area contributed by atoms with E-state index in [0.717, 1.165) is 38.9 Å². The van der Waals surface area contributed by atoms with Crippen LogP contribution in [0.4, 0.5) is 0 Å². The summed E-state index contributed by atoms with van der Waals surface area (Å²) in [5, 5.41) is 0. The van der Waals surface area contributed by atoms with E-state index in [9.17, 15) is 0 Å². The Morgan fingerprint density at radius 2 is 1.86 bits per heavy atom. The van der Waals surface area contributed by atoms with Crippen LogP contribution >= 0.6 is 0 Å². The summed E-state index contributed by atoms with van der Waals surface area (Å²) in [5.74, 6) is -0.409. The minimum Gasteiger partial charge on any atom is -0.369 e. The molecule has 0 radical (unpaired) electrons. The van der Waals surface area contributed by atoms with Crippen molar-refractivity contribution in [3.63, 3.8) is 0 Å². The molecule has 0 amide bonds. The molecule has 14 heavy (non-hydrogen) atoms. The van der Waals surface area contributed by atoms with E-state index in [1.165, 1.54) is 0 Å². The molecule has 3 heteroatoms. The topological polar surface area (TPSA) is 27.7 Å². The van der Waals surface area contributed by atoms with Crippen molar-refractivity contribution in [2.24, 2.45) is 0 Å². The fourth-order valence-electron chi connectivity index (χ4n) is 2.37. The lowest BCUT2D eigenvalue weighted by atomic mass is 10.0. The molecule has 0 aromatic heterocycles. The molecule has 0 bridgehead atoms. The molecule has 2 unspecified atom stereocenters. The normalized spacial score (nSPS) is 36.4. The van der Waals surface area contributed by atoms with Gasteiger partial charge >= 0.3 is 0 Å². The summed E-state index contributed by atoms with van der Waals surface area (Å²) >= 11 is 0. The first-order valence-electron chi connectivity index (χ1n) is 5.74. The third-order valence-corrected chi connectivity index (χ3v) is 3.17. The Balaban J connectivity index is 2.07. The van der Waals surface area contributed by atoms with Crippen molar-refractivity contribution in [1.29, 1.82) is 0 Å². The van der Waals surface area contributed by atoms with Crippen LogP contribution in [-0.2, 0) is 14.2 Å². The van der Waals surface area contributed by atoms with E-state index in [2.05, 4.69) is 13.8 Å². The molecule has 0 saturated carbocycles. The van der Waals surface area contributed by atoms with Crippen molar-refractivity contribution >= 4 is 0 Å². The summed E-state index contributed by atoms with van der Waals surface area (Å²) in [7, 11) is 0. The first kappa shape index (κ1) is 10.4. The molecule has 2 fully saturated rings. The van der Waals surface area contributed by atoms with Crippen LogP contribution in [0, 0.1) is 0 Å². The van der Waals surface area contributed by atoms with Gasteiger partial charge in [-0.05, 0) is 19.3 Å². The van der Waals surface area contributed by atoms with Crippen LogP contribution in [0.25, 0.3) is 0 Å². The third-order valence-electron chi connectivity index (χ3n) is 3.17. The predicted octanol–water partition coefficient (Wildman–Crippen LogP) is 2.10. The van der Waals surface area contributed by atoms with Gasteiger partial charge in [-0.1, -0.05) is 13.8 Å². The van der Waals surface area contributed by atoms with Crippen molar-refractivity contribution in [3.05, 3.63) is 0 Å². The summed E-state index contributed by atoms with van der Waals surface area (Å²) < 4.78 is 17.5. The highest BCUT2D eigenvalue weighted by molar-refractivity contribution is 4.91. The first-order valence-corrected chi connectivity index (χ1v) is 5.74. The summed E-state index contributed by atoms with van der Waals surface area (Å²) in [4.78, 5) is 0. The molecular formula is C11H20O3. The van der Waals surface area contributed by atoms with Gasteiger partial charge in [0.2, 0.25) is 0 Å². The van der Waals surface area contributed by atoms with E-state index in [1.807, 2.05) is 0 Å². The molecule has 0 aromatic carbocycles. The lowest BCUT2D eigenvalue weighted by Gasteiger charge is -2.36. The second-order valence-corrected chi connectivity index (χ2v) is 4.13. The Hall–Kier alpha value is -0.120. The van der Waals surface area contributed by atoms with Gasteiger partial charge in [-0.2, -0.15) is 0 Å². The van der Waals surface area contributed by atoms with Gasteiger partial charge in [0.05, 0.1) is 19.3 Å². The molecule has 3 nitrogen and oxygen atoms in total. The summed E-state index contributed by atoms with van der Waals surface area (Å²) in [5.41, 5.74) is 0. The van der Waals surface area contributed by atoms with Crippen LogP contribution in [0.1, 0.15) is 39.5 Å². The minimum atomic E-state index is -0.409. The minimum absolute atomic E-state index is 0.132. The highest BCUT2D eigenvalue weighted by Crippen LogP contribution is 2.39. The smallest absolute Gasteiger partial charge is 0.197 e. The van der Waals surface area contributed by atoms with E-state index in [0.29, 0.717) is 6.10 Å². The molecule has 0 N–H and O–H groups in total. The van der Waals surface area contributed by atoms with Crippen molar-refractivity contribution in [2.45, 2.75) is 57.5 Å². The first-order chi connectivity index (χ1) is 6.80. The summed E-state index contributed by atoms with van der Waals surface area (Å²) in [6.45, 7) is 5.91. The van der Waals surface area contributed by atoms with E-state index in [4.69, 9.17) is 14.2 Å². The summed E-state index contributed by atoms with van der Waals surface area (Å²) in [6.07, 6.45) is 4.38. The van der Waals surface area contributed by atoms with E-state index in [-0.39, 0.29) is 6.10 Å². The maximum Gasteiger partial charge on any atom is 0.197 e. The zero-order valence-corrected chi connectivity index (χ0v) is 9.12. The molecule has 2 atom stereocenters. The number of hydrogen-bond donors (Lipinski definition) is 0. The zero-order valence-electron chi connectivity index (χ0n) is 9.12. The van der Waals surface area contributed by atoms with E-state index < -0.39 is 5.79 Å². The van der Waals surface area contributed by atoms with E-state index >= 15 is 0 Å². The van der Waals surface area contributed by atoms with Gasteiger partial charge in [-0.25, -0.2) is 0 Å². The van der Waals surface area contributed by atoms with E-state index in [1.54, 1.807) is 0 Å². The average Bonchev–Trinajstić information content (AvgIpc) is 2.57. The maximum absolute atomic E-state index is 5.90. The van der Waals surface area contributed by atoms with Gasteiger partial charge in [0.25, 0.3) is 0 Å². The average molecular weight is 200 g/mol. The van der Waals surface area contributed by atoms with Gasteiger partial charge in [0.15, 0.2) is 5.79 Å². The number of ether oxygens (including phenoxy) is 3. The Kier molecular flexibility index (Phi) is 3.10. The molecular weight excluding hydrogens is 180 g/mol. The SMILES string of the molecule is CCC1CC2(OCCCO2)C(CC)O1. The van der Waals surface area contributed by atoms with Crippen LogP contribution in [0.3, 0.4) is 0 Å². The highest BCUT2D eigenvalue weighted by atomic mass is 16.7. The molecule has 2 rings (SSSR count). The monoisotopic (exact) mass is 200 g/mol. The lowest BCUT2D eigenvalue weighted by Crippen LogP contribution is -2.47. The van der Waals surface area contributed by atoms with Crippen LogP contribution in [0.5, 0.6) is 0 Å². The summed E-state index contributed by atoms with van der Waals surface area (Å²) in [6, 6.07) is 0. The second-order valence-electron chi connectivity index (χ2n) is 4.13. The van der Waals surface area contributed by atoms with Crippen molar-refractivity contribution < 1.29 is 14.2 Å². The number of rotatable bonds is 2. The molecule has 0 aromatic rings. The molecule has 0 aliphatic carbocycles. The van der Waals surface area contributed by atoms with Crippen molar-refractivity contribution in [1.82, 2.24) is 0 Å². The Morgan fingerprint density at radius 1 is 1.14 bits per heavy atom. The van der Waals surface area contributed by atoms with Crippen LogP contribution < -0.4 is 0 Å². The molecule has 2 saturated heterocycles. The largest absolute Gasteiger partial charge is 0.369 e. The molecule has 2 aliphatic heterocycles. The van der Waals surface area contributed by atoms with Crippen LogP contribution in [0.2, 0.25) is 0 Å². The fourth-order valence-corrected chi connectivity index (χ4v) is 2.37. The maximum atomic E-state index is 5.90. The predicted molar refractivity (Wildman–Crippen MR) is 53.1 cm³/mol. The van der Waals surface area contributed by atoms with Crippen molar-refractivity contribution in [3.8, 4) is 0 Å². The lowest BCUT2D eigenvalue weighted by molar-refractivity contribution is -0.285. The standard InChI is InChI=1S/C11H20O3/c1-3-9-8-11(10(4-2)14-9)12-6-5-7-13-11/h9-10H,3-8H2,1-2H3. The quantitative estimate of drug-likeness (QED) is 0.683. The second kappa shape index (κ2) is 4.17. The van der Waals surface area contributed by atoms with Gasteiger partial charge in [-0.15, -0.1) is 0 Å². The van der Waals surface area contributed by atoms with Gasteiger partial charge in [0, 0.05) is 6.42 Å². The zero-order chi connectivity index (χ0) is 10.0.